The number of benzene rings is 2. The van der Waals surface area contributed by atoms with Gasteiger partial charge in [0.25, 0.3) is 5.91 Å². The van der Waals surface area contributed by atoms with Crippen LogP contribution in [0.1, 0.15) is 58.5 Å². The van der Waals surface area contributed by atoms with Crippen LogP contribution in [0.3, 0.4) is 0 Å². The number of ether oxygens (including phenoxy) is 3. The smallest absolute Gasteiger partial charge is 0.251 e. The topological polar surface area (TPSA) is 86.8 Å². The monoisotopic (exact) mass is 504 g/mol. The molecule has 1 aliphatic heterocycles. The molecule has 2 fully saturated rings. The molecule has 1 atom stereocenters. The van der Waals surface area contributed by atoms with Crippen molar-refractivity contribution in [1.82, 2.24) is 10.3 Å². The van der Waals surface area contributed by atoms with Crippen LogP contribution in [0.4, 0.5) is 4.39 Å². The number of hydrogen-bond acceptors (Lipinski definition) is 6. The maximum Gasteiger partial charge on any atom is 0.251 e. The Labute approximate surface area is 215 Å². The predicted molar refractivity (Wildman–Crippen MR) is 135 cm³/mol. The minimum absolute atomic E-state index is 0.147. The van der Waals surface area contributed by atoms with Crippen LogP contribution in [0.15, 0.2) is 54.7 Å². The van der Waals surface area contributed by atoms with Gasteiger partial charge in [0.1, 0.15) is 24.3 Å². The van der Waals surface area contributed by atoms with Gasteiger partial charge in [-0.15, -0.1) is 0 Å². The van der Waals surface area contributed by atoms with E-state index in [2.05, 4.69) is 10.3 Å². The summed E-state index contributed by atoms with van der Waals surface area (Å²) in [6, 6.07) is 13.3. The minimum Gasteiger partial charge on any atom is -0.491 e. The Bertz CT molecular complexity index is 1320. The molecular weight excluding hydrogens is 475 g/mol. The Kier molecular flexibility index (Phi) is 6.79. The second kappa shape index (κ2) is 10.0. The first-order valence-electron chi connectivity index (χ1n) is 12.4. The lowest BCUT2D eigenvalue weighted by Gasteiger charge is -2.17. The predicted octanol–water partition coefficient (Wildman–Crippen LogP) is 4.85. The Balaban J connectivity index is 1.26. The molecule has 1 N–H and O–H groups in total. The average Bonchev–Trinajstić information content (AvgIpc) is 3.64. The van der Waals surface area contributed by atoms with E-state index in [1.165, 1.54) is 12.3 Å². The van der Waals surface area contributed by atoms with Crippen LogP contribution in [0.5, 0.6) is 5.75 Å². The largest absolute Gasteiger partial charge is 0.491 e. The molecule has 7 nitrogen and oxygen atoms in total. The summed E-state index contributed by atoms with van der Waals surface area (Å²) in [5.74, 6) is -0.941. The number of rotatable bonds is 8. The van der Waals surface area contributed by atoms with E-state index in [4.69, 9.17) is 14.2 Å². The molecule has 37 heavy (non-hydrogen) atoms. The van der Waals surface area contributed by atoms with Crippen molar-refractivity contribution < 1.29 is 28.2 Å². The molecule has 1 aromatic heterocycles. The Morgan fingerprint density at radius 1 is 1.08 bits per heavy atom. The van der Waals surface area contributed by atoms with Crippen molar-refractivity contribution in [2.24, 2.45) is 0 Å². The fourth-order valence-electron chi connectivity index (χ4n) is 4.16. The highest BCUT2D eigenvalue weighted by atomic mass is 19.1. The summed E-state index contributed by atoms with van der Waals surface area (Å²) >= 11 is 0. The van der Waals surface area contributed by atoms with Crippen LogP contribution < -0.4 is 10.1 Å². The maximum absolute atomic E-state index is 14.6. The number of nitrogens with zero attached hydrogens (tertiary/aromatic N) is 1. The van der Waals surface area contributed by atoms with Crippen LogP contribution in [-0.4, -0.2) is 47.8 Å². The molecule has 2 aliphatic rings. The summed E-state index contributed by atoms with van der Waals surface area (Å²) < 4.78 is 31.6. The highest BCUT2D eigenvalue weighted by molar-refractivity contribution is 6.09. The van der Waals surface area contributed by atoms with E-state index >= 15 is 0 Å². The number of nitrogens with one attached hydrogen (secondary N) is 1. The summed E-state index contributed by atoms with van der Waals surface area (Å²) in [6.45, 7) is 6.19. The molecule has 0 radical (unpaired) electrons. The molecule has 2 aromatic carbocycles. The SMILES string of the molecule is Cc1c(F)cc(C(=O)NC2CC2)cc1-c1ccc(C(=O)c2ccc(OCC3COC(C)(C)O3)cc2)cn1. The van der Waals surface area contributed by atoms with E-state index in [1.807, 2.05) is 13.8 Å². The minimum atomic E-state index is -0.603. The molecule has 2 heterocycles. The van der Waals surface area contributed by atoms with E-state index < -0.39 is 11.6 Å². The van der Waals surface area contributed by atoms with Gasteiger partial charge in [0, 0.05) is 34.5 Å². The van der Waals surface area contributed by atoms with Gasteiger partial charge in [0.15, 0.2) is 11.6 Å². The molecule has 1 saturated heterocycles. The molecular formula is C29H29FN2O5. The van der Waals surface area contributed by atoms with Crippen LogP contribution in [0.25, 0.3) is 11.3 Å². The molecule has 8 heteroatoms. The first-order chi connectivity index (χ1) is 17.7. The zero-order valence-corrected chi connectivity index (χ0v) is 21.0. The number of hydrogen-bond donors (Lipinski definition) is 1. The van der Waals surface area contributed by atoms with E-state index in [0.29, 0.717) is 46.9 Å². The number of pyridine rings is 1. The van der Waals surface area contributed by atoms with Crippen molar-refractivity contribution in [3.05, 3.63) is 82.8 Å². The highest BCUT2D eigenvalue weighted by Gasteiger charge is 2.33. The zero-order chi connectivity index (χ0) is 26.2. The number of amides is 1. The summed E-state index contributed by atoms with van der Waals surface area (Å²) in [5.41, 5.74) is 2.54. The fourth-order valence-corrected chi connectivity index (χ4v) is 4.16. The molecule has 1 amide bonds. The fraction of sp³-hybridized carbons (Fsp3) is 0.345. The Hall–Kier alpha value is -3.62. The van der Waals surface area contributed by atoms with Gasteiger partial charge >= 0.3 is 0 Å². The Morgan fingerprint density at radius 3 is 2.43 bits per heavy atom. The Morgan fingerprint density at radius 2 is 1.81 bits per heavy atom. The molecule has 192 valence electrons. The van der Waals surface area contributed by atoms with Crippen molar-refractivity contribution in [1.29, 1.82) is 0 Å². The van der Waals surface area contributed by atoms with Gasteiger partial charge in [-0.25, -0.2) is 4.39 Å². The number of aromatic nitrogens is 1. The first kappa shape index (κ1) is 25.0. The van der Waals surface area contributed by atoms with Gasteiger partial charge < -0.3 is 19.5 Å². The lowest BCUT2D eigenvalue weighted by molar-refractivity contribution is -0.141. The standard InChI is InChI=1S/C29H29FN2O5/c1-17-24(12-20(13-25(17)30)28(34)32-21-7-8-21)26-11-6-19(14-31-26)27(33)18-4-9-22(10-5-18)35-15-23-16-36-29(2,3)37-23/h4-6,9-14,21,23H,7-8,15-16H2,1-3H3,(H,32,34). The van der Waals surface area contributed by atoms with Crippen molar-refractivity contribution in [2.45, 2.75) is 51.5 Å². The highest BCUT2D eigenvalue weighted by Crippen LogP contribution is 2.28. The molecule has 3 aromatic rings. The zero-order valence-electron chi connectivity index (χ0n) is 21.0. The summed E-state index contributed by atoms with van der Waals surface area (Å²) in [5, 5.41) is 2.88. The van der Waals surface area contributed by atoms with Crippen molar-refractivity contribution in [3.8, 4) is 17.0 Å². The third kappa shape index (κ3) is 5.87. The van der Waals surface area contributed by atoms with Gasteiger partial charge in [-0.2, -0.15) is 0 Å². The normalized spacial score (nSPS) is 18.4. The molecule has 5 rings (SSSR count). The van der Waals surface area contributed by atoms with Crippen LogP contribution in [0, 0.1) is 12.7 Å². The van der Waals surface area contributed by atoms with Crippen molar-refractivity contribution in [3.63, 3.8) is 0 Å². The first-order valence-corrected chi connectivity index (χ1v) is 12.4. The average molecular weight is 505 g/mol. The summed E-state index contributed by atoms with van der Waals surface area (Å²) in [7, 11) is 0. The molecule has 1 aliphatic carbocycles. The van der Waals surface area contributed by atoms with Crippen LogP contribution >= 0.6 is 0 Å². The molecule has 1 unspecified atom stereocenters. The number of carbonyl (C=O) groups is 2. The van der Waals surface area contributed by atoms with E-state index in [-0.39, 0.29) is 29.4 Å². The third-order valence-electron chi connectivity index (χ3n) is 6.44. The van der Waals surface area contributed by atoms with Gasteiger partial charge in [-0.1, -0.05) is 0 Å². The third-order valence-corrected chi connectivity index (χ3v) is 6.44. The molecule has 0 spiro atoms. The second-order valence-corrected chi connectivity index (χ2v) is 9.93. The van der Waals surface area contributed by atoms with Gasteiger partial charge in [0.2, 0.25) is 0 Å². The number of halogens is 1. The lowest BCUT2D eigenvalue weighted by atomic mass is 9.99. The van der Waals surface area contributed by atoms with Crippen molar-refractivity contribution >= 4 is 11.7 Å². The van der Waals surface area contributed by atoms with E-state index in [0.717, 1.165) is 12.8 Å². The van der Waals surface area contributed by atoms with Gasteiger partial charge in [-0.05, 0) is 87.7 Å². The number of ketones is 1. The van der Waals surface area contributed by atoms with Crippen LogP contribution in [-0.2, 0) is 9.47 Å². The van der Waals surface area contributed by atoms with Gasteiger partial charge in [-0.3, -0.25) is 14.6 Å². The molecule has 0 bridgehead atoms. The lowest BCUT2D eigenvalue weighted by Crippen LogP contribution is -2.25. The quantitative estimate of drug-likeness (QED) is 0.442. The second-order valence-electron chi connectivity index (χ2n) is 9.93. The molecule has 1 saturated carbocycles. The maximum atomic E-state index is 14.6. The number of carbonyl (C=O) groups excluding carboxylic acids is 2. The van der Waals surface area contributed by atoms with E-state index in [9.17, 15) is 14.0 Å². The summed E-state index contributed by atoms with van der Waals surface area (Å²) in [6.07, 6.45) is 3.22. The van der Waals surface area contributed by atoms with Gasteiger partial charge in [0.05, 0.1) is 12.3 Å². The van der Waals surface area contributed by atoms with E-state index in [1.54, 1.807) is 49.4 Å². The summed E-state index contributed by atoms with van der Waals surface area (Å²) in [4.78, 5) is 29.8. The van der Waals surface area contributed by atoms with Crippen LogP contribution in [0.2, 0.25) is 0 Å². The van der Waals surface area contributed by atoms with Crippen molar-refractivity contribution in [2.75, 3.05) is 13.2 Å².